The molecule has 0 amide bonds. The fourth-order valence-corrected chi connectivity index (χ4v) is 2.08. The number of rotatable bonds is 5. The molecule has 0 spiro atoms. The van der Waals surface area contributed by atoms with Gasteiger partial charge in [-0.15, -0.1) is 0 Å². The Bertz CT molecular complexity index is 681. The van der Waals surface area contributed by atoms with E-state index in [1.807, 2.05) is 0 Å². The molecular formula is C17H15F3O3. The van der Waals surface area contributed by atoms with Crippen LogP contribution in [0, 0.1) is 0 Å². The van der Waals surface area contributed by atoms with Crippen molar-refractivity contribution in [2.75, 3.05) is 13.2 Å². The molecule has 0 heterocycles. The Labute approximate surface area is 131 Å². The van der Waals surface area contributed by atoms with Crippen LogP contribution in [0.2, 0.25) is 0 Å². The number of halogens is 3. The number of hydrogen-bond donors (Lipinski definition) is 0. The molecule has 2 rings (SSSR count). The maximum Gasteiger partial charge on any atom is 0.422 e. The van der Waals surface area contributed by atoms with Gasteiger partial charge in [-0.05, 0) is 24.6 Å². The van der Waals surface area contributed by atoms with Gasteiger partial charge in [-0.1, -0.05) is 36.4 Å². The lowest BCUT2D eigenvalue weighted by molar-refractivity contribution is -0.153. The summed E-state index contributed by atoms with van der Waals surface area (Å²) in [7, 11) is 0. The number of carbonyl (C=O) groups is 1. The van der Waals surface area contributed by atoms with Crippen LogP contribution >= 0.6 is 0 Å². The van der Waals surface area contributed by atoms with Crippen molar-refractivity contribution in [3.8, 4) is 16.9 Å². The van der Waals surface area contributed by atoms with E-state index in [-0.39, 0.29) is 17.9 Å². The SMILES string of the molecule is CCOC(=O)c1ccccc1-c1ccccc1OCC(F)(F)F. The lowest BCUT2D eigenvalue weighted by Gasteiger charge is -2.15. The molecule has 2 aromatic carbocycles. The Morgan fingerprint density at radius 1 is 1.00 bits per heavy atom. The second-order valence-electron chi connectivity index (χ2n) is 4.67. The van der Waals surface area contributed by atoms with E-state index in [1.165, 1.54) is 6.07 Å². The van der Waals surface area contributed by atoms with Gasteiger partial charge in [0, 0.05) is 5.56 Å². The van der Waals surface area contributed by atoms with Crippen molar-refractivity contribution >= 4 is 5.97 Å². The van der Waals surface area contributed by atoms with E-state index in [1.54, 1.807) is 49.4 Å². The average molecular weight is 324 g/mol. The number of esters is 1. The van der Waals surface area contributed by atoms with Gasteiger partial charge in [-0.25, -0.2) is 4.79 Å². The van der Waals surface area contributed by atoms with E-state index >= 15 is 0 Å². The van der Waals surface area contributed by atoms with E-state index in [0.717, 1.165) is 0 Å². The third-order valence-electron chi connectivity index (χ3n) is 2.99. The van der Waals surface area contributed by atoms with Crippen molar-refractivity contribution < 1.29 is 27.4 Å². The van der Waals surface area contributed by atoms with Crippen LogP contribution in [0.25, 0.3) is 11.1 Å². The molecule has 0 aliphatic rings. The van der Waals surface area contributed by atoms with Crippen molar-refractivity contribution in [2.45, 2.75) is 13.1 Å². The number of carbonyl (C=O) groups excluding carboxylic acids is 1. The molecule has 0 aliphatic carbocycles. The van der Waals surface area contributed by atoms with Crippen molar-refractivity contribution in [3.05, 3.63) is 54.1 Å². The summed E-state index contributed by atoms with van der Waals surface area (Å²) in [4.78, 5) is 12.0. The first kappa shape index (κ1) is 16.9. The van der Waals surface area contributed by atoms with Crippen molar-refractivity contribution in [1.82, 2.24) is 0 Å². The highest BCUT2D eigenvalue weighted by atomic mass is 19.4. The zero-order valence-corrected chi connectivity index (χ0v) is 12.4. The molecule has 0 saturated carbocycles. The molecule has 23 heavy (non-hydrogen) atoms. The van der Waals surface area contributed by atoms with Gasteiger partial charge >= 0.3 is 12.1 Å². The number of para-hydroxylation sites is 1. The maximum atomic E-state index is 12.4. The van der Waals surface area contributed by atoms with Crippen LogP contribution in [0.5, 0.6) is 5.75 Å². The largest absolute Gasteiger partial charge is 0.483 e. The summed E-state index contributed by atoms with van der Waals surface area (Å²) < 4.78 is 47.0. The molecule has 0 atom stereocenters. The predicted molar refractivity (Wildman–Crippen MR) is 79.4 cm³/mol. The molecule has 122 valence electrons. The van der Waals surface area contributed by atoms with Crippen LogP contribution in [0.1, 0.15) is 17.3 Å². The Balaban J connectivity index is 2.41. The summed E-state index contributed by atoms with van der Waals surface area (Å²) >= 11 is 0. The topological polar surface area (TPSA) is 35.5 Å². The average Bonchev–Trinajstić information content (AvgIpc) is 2.53. The molecule has 2 aromatic rings. The van der Waals surface area contributed by atoms with E-state index < -0.39 is 18.8 Å². The Hall–Kier alpha value is -2.50. The first-order chi connectivity index (χ1) is 10.9. The van der Waals surface area contributed by atoms with Gasteiger partial charge in [0.2, 0.25) is 0 Å². The minimum atomic E-state index is -4.44. The zero-order chi connectivity index (χ0) is 16.9. The second kappa shape index (κ2) is 7.17. The van der Waals surface area contributed by atoms with Gasteiger partial charge in [-0.3, -0.25) is 0 Å². The van der Waals surface area contributed by atoms with Crippen molar-refractivity contribution in [2.24, 2.45) is 0 Å². The molecular weight excluding hydrogens is 309 g/mol. The molecule has 0 radical (unpaired) electrons. The van der Waals surface area contributed by atoms with Gasteiger partial charge in [-0.2, -0.15) is 13.2 Å². The van der Waals surface area contributed by atoms with Crippen molar-refractivity contribution in [1.29, 1.82) is 0 Å². The molecule has 6 heteroatoms. The molecule has 0 saturated heterocycles. The molecule has 0 aliphatic heterocycles. The highest BCUT2D eigenvalue weighted by Gasteiger charge is 2.29. The van der Waals surface area contributed by atoms with E-state index in [2.05, 4.69) is 0 Å². The Morgan fingerprint density at radius 3 is 2.26 bits per heavy atom. The molecule has 3 nitrogen and oxygen atoms in total. The number of alkyl halides is 3. The zero-order valence-electron chi connectivity index (χ0n) is 12.4. The first-order valence-corrected chi connectivity index (χ1v) is 6.97. The molecule has 0 N–H and O–H groups in total. The smallest absolute Gasteiger partial charge is 0.422 e. The van der Waals surface area contributed by atoms with Crippen LogP contribution in [0.4, 0.5) is 13.2 Å². The lowest BCUT2D eigenvalue weighted by Crippen LogP contribution is -2.19. The molecule has 0 bridgehead atoms. The van der Waals surface area contributed by atoms with E-state index in [9.17, 15) is 18.0 Å². The second-order valence-corrected chi connectivity index (χ2v) is 4.67. The Kier molecular flexibility index (Phi) is 5.26. The quantitative estimate of drug-likeness (QED) is 0.761. The van der Waals surface area contributed by atoms with Gasteiger partial charge < -0.3 is 9.47 Å². The lowest BCUT2D eigenvalue weighted by atomic mass is 9.99. The predicted octanol–water partition coefficient (Wildman–Crippen LogP) is 4.47. The minimum Gasteiger partial charge on any atom is -0.483 e. The standard InChI is InChI=1S/C17H15F3O3/c1-2-22-16(21)14-9-4-3-7-12(14)13-8-5-6-10-15(13)23-11-17(18,19)20/h3-10H,2,11H2,1H3. The fraction of sp³-hybridized carbons (Fsp3) is 0.235. The van der Waals surface area contributed by atoms with Gasteiger partial charge in [0.15, 0.2) is 6.61 Å². The van der Waals surface area contributed by atoms with Gasteiger partial charge in [0.1, 0.15) is 5.75 Å². The minimum absolute atomic E-state index is 0.0570. The van der Waals surface area contributed by atoms with Crippen molar-refractivity contribution in [3.63, 3.8) is 0 Å². The summed E-state index contributed by atoms with van der Waals surface area (Å²) in [5.41, 5.74) is 1.14. The highest BCUT2D eigenvalue weighted by molar-refractivity contribution is 5.98. The number of ether oxygens (including phenoxy) is 2. The van der Waals surface area contributed by atoms with Crippen LogP contribution in [-0.4, -0.2) is 25.4 Å². The first-order valence-electron chi connectivity index (χ1n) is 6.97. The third kappa shape index (κ3) is 4.48. The normalized spacial score (nSPS) is 11.1. The van der Waals surface area contributed by atoms with Crippen LogP contribution < -0.4 is 4.74 Å². The van der Waals surface area contributed by atoms with Crippen LogP contribution in [-0.2, 0) is 4.74 Å². The third-order valence-corrected chi connectivity index (χ3v) is 2.99. The Morgan fingerprint density at radius 2 is 1.61 bits per heavy atom. The molecule has 0 aromatic heterocycles. The highest BCUT2D eigenvalue weighted by Crippen LogP contribution is 2.33. The molecule has 0 fully saturated rings. The van der Waals surface area contributed by atoms with Crippen LogP contribution in [0.15, 0.2) is 48.5 Å². The number of benzene rings is 2. The number of hydrogen-bond acceptors (Lipinski definition) is 3. The summed E-state index contributed by atoms with van der Waals surface area (Å²) in [5, 5.41) is 0. The van der Waals surface area contributed by atoms with Gasteiger partial charge in [0.25, 0.3) is 0 Å². The summed E-state index contributed by atoms with van der Waals surface area (Å²) in [5.74, 6) is -0.477. The fourth-order valence-electron chi connectivity index (χ4n) is 2.08. The molecule has 0 unspecified atom stereocenters. The van der Waals surface area contributed by atoms with Crippen LogP contribution in [0.3, 0.4) is 0 Å². The van der Waals surface area contributed by atoms with Gasteiger partial charge in [0.05, 0.1) is 12.2 Å². The van der Waals surface area contributed by atoms with E-state index in [4.69, 9.17) is 9.47 Å². The summed E-state index contributed by atoms with van der Waals surface area (Å²) in [6.07, 6.45) is -4.44. The monoisotopic (exact) mass is 324 g/mol. The maximum absolute atomic E-state index is 12.4. The summed E-state index contributed by atoms with van der Waals surface area (Å²) in [6.45, 7) is 0.492. The van der Waals surface area contributed by atoms with E-state index in [0.29, 0.717) is 11.1 Å². The summed E-state index contributed by atoms with van der Waals surface area (Å²) in [6, 6.07) is 12.8.